The number of rotatable bonds is 5. The van der Waals surface area contributed by atoms with E-state index < -0.39 is 10.8 Å². The Hall–Kier alpha value is -0.870. The van der Waals surface area contributed by atoms with Crippen LogP contribution in [0.1, 0.15) is 37.9 Å². The quantitative estimate of drug-likeness (QED) is 0.879. The van der Waals surface area contributed by atoms with Crippen molar-refractivity contribution in [1.82, 2.24) is 0 Å². The van der Waals surface area contributed by atoms with Gasteiger partial charge in [-0.3, -0.25) is 4.21 Å². The lowest BCUT2D eigenvalue weighted by atomic mass is 10.1. The molecule has 0 amide bonds. The molecule has 0 fully saturated rings. The maximum Gasteiger partial charge on any atom is 0.123 e. The Labute approximate surface area is 106 Å². The first-order valence-electron chi connectivity index (χ1n) is 5.75. The highest BCUT2D eigenvalue weighted by Crippen LogP contribution is 2.24. The molecule has 0 aliphatic heterocycles. The third kappa shape index (κ3) is 3.82. The molecule has 4 heteroatoms. The molecule has 0 bridgehead atoms. The van der Waals surface area contributed by atoms with Gasteiger partial charge >= 0.3 is 0 Å². The highest BCUT2D eigenvalue weighted by Gasteiger charge is 2.12. The van der Waals surface area contributed by atoms with Crippen molar-refractivity contribution in [3.8, 4) is 5.75 Å². The minimum absolute atomic E-state index is 0.0212. The van der Waals surface area contributed by atoms with E-state index in [0.29, 0.717) is 5.75 Å². The average molecular weight is 255 g/mol. The Kier molecular flexibility index (Phi) is 5.15. The summed E-state index contributed by atoms with van der Waals surface area (Å²) in [5.41, 5.74) is 7.86. The molecule has 0 aliphatic rings. The van der Waals surface area contributed by atoms with E-state index in [1.165, 1.54) is 0 Å². The number of hydrogen-bond acceptors (Lipinski definition) is 3. The van der Waals surface area contributed by atoms with Crippen LogP contribution >= 0.6 is 0 Å². The van der Waals surface area contributed by atoms with Crippen molar-refractivity contribution in [3.63, 3.8) is 0 Å². The highest BCUT2D eigenvalue weighted by atomic mass is 32.2. The van der Waals surface area contributed by atoms with Crippen LogP contribution in [0.15, 0.2) is 18.2 Å². The fourth-order valence-corrected chi connectivity index (χ4v) is 2.38. The van der Waals surface area contributed by atoms with Crippen LogP contribution in [0.4, 0.5) is 0 Å². The van der Waals surface area contributed by atoms with Crippen LogP contribution in [0.2, 0.25) is 0 Å². The molecule has 17 heavy (non-hydrogen) atoms. The predicted octanol–water partition coefficient (Wildman–Crippen LogP) is 2.37. The van der Waals surface area contributed by atoms with Gasteiger partial charge in [-0.2, -0.15) is 0 Å². The van der Waals surface area contributed by atoms with Crippen molar-refractivity contribution < 1.29 is 8.95 Å². The van der Waals surface area contributed by atoms with Gasteiger partial charge in [-0.05, 0) is 24.6 Å². The Balaban J connectivity index is 3.02. The molecule has 2 N–H and O–H groups in total. The van der Waals surface area contributed by atoms with E-state index in [1.54, 1.807) is 7.11 Å². The summed E-state index contributed by atoms with van der Waals surface area (Å²) in [5, 5.41) is 0.152. The Bertz CT molecular complexity index is 402. The molecule has 1 aromatic carbocycles. The molecule has 0 aromatic heterocycles. The van der Waals surface area contributed by atoms with Gasteiger partial charge in [0.25, 0.3) is 0 Å². The topological polar surface area (TPSA) is 52.3 Å². The van der Waals surface area contributed by atoms with Gasteiger partial charge in [0.2, 0.25) is 0 Å². The molecule has 2 unspecified atom stereocenters. The van der Waals surface area contributed by atoms with E-state index in [9.17, 15) is 4.21 Å². The molecule has 0 spiro atoms. The molecular weight excluding hydrogens is 234 g/mol. The van der Waals surface area contributed by atoms with Crippen LogP contribution in [-0.4, -0.2) is 16.6 Å². The van der Waals surface area contributed by atoms with Crippen LogP contribution in [0.3, 0.4) is 0 Å². The average Bonchev–Trinajstić information content (AvgIpc) is 2.28. The summed E-state index contributed by atoms with van der Waals surface area (Å²) < 4.78 is 17.2. The lowest BCUT2D eigenvalue weighted by Gasteiger charge is -2.13. The number of ether oxygens (including phenoxy) is 1. The smallest absolute Gasteiger partial charge is 0.123 e. The Morgan fingerprint density at radius 2 is 2.00 bits per heavy atom. The van der Waals surface area contributed by atoms with Gasteiger partial charge in [-0.1, -0.05) is 19.9 Å². The second-order valence-electron chi connectivity index (χ2n) is 4.43. The number of hydrogen-bond donors (Lipinski definition) is 1. The lowest BCUT2D eigenvalue weighted by Crippen LogP contribution is -2.10. The van der Waals surface area contributed by atoms with Crippen LogP contribution in [0.25, 0.3) is 0 Å². The Morgan fingerprint density at radius 1 is 1.35 bits per heavy atom. The van der Waals surface area contributed by atoms with Crippen molar-refractivity contribution in [3.05, 3.63) is 29.3 Å². The van der Waals surface area contributed by atoms with Crippen molar-refractivity contribution in [2.75, 3.05) is 7.11 Å². The lowest BCUT2D eigenvalue weighted by molar-refractivity contribution is 0.411. The summed E-state index contributed by atoms with van der Waals surface area (Å²) in [6.07, 6.45) is 0. The molecule has 3 nitrogen and oxygen atoms in total. The fraction of sp³-hybridized carbons (Fsp3) is 0.538. The monoisotopic (exact) mass is 255 g/mol. The third-order valence-corrected chi connectivity index (χ3v) is 4.30. The molecule has 0 saturated heterocycles. The summed E-state index contributed by atoms with van der Waals surface area (Å²) in [6, 6.07) is 5.81. The van der Waals surface area contributed by atoms with Gasteiger partial charge in [0, 0.05) is 27.7 Å². The van der Waals surface area contributed by atoms with Gasteiger partial charge < -0.3 is 10.5 Å². The molecule has 1 aromatic rings. The first-order valence-corrected chi connectivity index (χ1v) is 7.13. The zero-order valence-corrected chi connectivity index (χ0v) is 11.7. The summed E-state index contributed by atoms with van der Waals surface area (Å²) >= 11 is 0. The largest absolute Gasteiger partial charge is 0.496 e. The molecule has 0 radical (unpaired) electrons. The summed E-state index contributed by atoms with van der Waals surface area (Å²) in [7, 11) is 0.751. The second kappa shape index (κ2) is 6.17. The van der Waals surface area contributed by atoms with Crippen LogP contribution in [0.5, 0.6) is 5.75 Å². The zero-order chi connectivity index (χ0) is 13.0. The molecule has 0 aliphatic carbocycles. The molecule has 0 heterocycles. The zero-order valence-electron chi connectivity index (χ0n) is 10.9. The molecule has 0 saturated carbocycles. The number of methoxy groups -OCH3 is 1. The van der Waals surface area contributed by atoms with Gasteiger partial charge in [-0.15, -0.1) is 0 Å². The molecule has 96 valence electrons. The molecular formula is C13H21NO2S. The van der Waals surface area contributed by atoms with E-state index in [4.69, 9.17) is 10.5 Å². The Morgan fingerprint density at radius 3 is 2.47 bits per heavy atom. The molecule has 1 rings (SSSR count). The van der Waals surface area contributed by atoms with E-state index in [2.05, 4.69) is 0 Å². The number of nitrogens with two attached hydrogens (primary N) is 1. The van der Waals surface area contributed by atoms with Gasteiger partial charge in [0.05, 0.1) is 12.9 Å². The first kappa shape index (κ1) is 14.2. The van der Waals surface area contributed by atoms with E-state index in [1.807, 2.05) is 39.0 Å². The van der Waals surface area contributed by atoms with Gasteiger partial charge in [0.1, 0.15) is 5.75 Å². The maximum atomic E-state index is 11.9. The van der Waals surface area contributed by atoms with Crippen molar-refractivity contribution in [2.45, 2.75) is 37.8 Å². The maximum absolute atomic E-state index is 11.9. The predicted molar refractivity (Wildman–Crippen MR) is 72.6 cm³/mol. The summed E-state index contributed by atoms with van der Waals surface area (Å²) in [4.78, 5) is 0. The van der Waals surface area contributed by atoms with Gasteiger partial charge in [-0.25, -0.2) is 0 Å². The van der Waals surface area contributed by atoms with Crippen molar-refractivity contribution in [1.29, 1.82) is 0 Å². The molecule has 2 atom stereocenters. The minimum Gasteiger partial charge on any atom is -0.496 e. The highest BCUT2D eigenvalue weighted by molar-refractivity contribution is 7.84. The van der Waals surface area contributed by atoms with Crippen molar-refractivity contribution in [2.24, 2.45) is 5.73 Å². The van der Waals surface area contributed by atoms with Crippen LogP contribution < -0.4 is 10.5 Å². The standard InChI is InChI=1S/C13H21NO2S/c1-9(2)17(15)8-12-7-11(10(3)14)5-6-13(12)16-4/h5-7,9-10H,8,14H2,1-4H3. The van der Waals surface area contributed by atoms with Crippen LogP contribution in [0, 0.1) is 0 Å². The van der Waals surface area contributed by atoms with Crippen molar-refractivity contribution >= 4 is 10.8 Å². The van der Waals surface area contributed by atoms with E-state index in [0.717, 1.165) is 16.9 Å². The summed E-state index contributed by atoms with van der Waals surface area (Å²) in [5.74, 6) is 1.30. The third-order valence-electron chi connectivity index (χ3n) is 2.65. The fourth-order valence-electron chi connectivity index (χ4n) is 1.51. The van der Waals surface area contributed by atoms with Crippen LogP contribution in [-0.2, 0) is 16.6 Å². The first-order chi connectivity index (χ1) is 7.95. The normalized spacial score (nSPS) is 14.7. The summed E-state index contributed by atoms with van der Waals surface area (Å²) in [6.45, 7) is 5.85. The van der Waals surface area contributed by atoms with Gasteiger partial charge in [0.15, 0.2) is 0 Å². The second-order valence-corrected chi connectivity index (χ2v) is 6.43. The number of benzene rings is 1. The van der Waals surface area contributed by atoms with E-state index in [-0.39, 0.29) is 11.3 Å². The SMILES string of the molecule is COc1ccc(C(C)N)cc1CS(=O)C(C)C. The minimum atomic E-state index is -0.877. The van der Waals surface area contributed by atoms with E-state index >= 15 is 0 Å².